The van der Waals surface area contributed by atoms with Crippen LogP contribution in [-0.2, 0) is 6.54 Å². The van der Waals surface area contributed by atoms with E-state index >= 15 is 0 Å². The maximum atomic E-state index is 6.40. The molecule has 20 heavy (non-hydrogen) atoms. The molecular formula is C17H29N3. The third-order valence-corrected chi connectivity index (χ3v) is 4.72. The molecule has 2 rings (SSSR count). The maximum Gasteiger partial charge on any atom is 0.127 e. The van der Waals surface area contributed by atoms with Gasteiger partial charge >= 0.3 is 0 Å². The highest BCUT2D eigenvalue weighted by atomic mass is 15.1. The molecule has 112 valence electrons. The van der Waals surface area contributed by atoms with Gasteiger partial charge in [-0.25, -0.2) is 4.98 Å². The Balaban J connectivity index is 2.38. The van der Waals surface area contributed by atoms with E-state index in [1.807, 2.05) is 6.08 Å². The highest BCUT2D eigenvalue weighted by molar-refractivity contribution is 5.41. The van der Waals surface area contributed by atoms with Crippen LogP contribution in [0.15, 0.2) is 12.7 Å². The first-order valence-electron chi connectivity index (χ1n) is 8.19. The molecule has 1 fully saturated rings. The van der Waals surface area contributed by atoms with Crippen LogP contribution in [-0.4, -0.2) is 9.55 Å². The minimum Gasteiger partial charge on any atom is -0.384 e. The Hall–Kier alpha value is -1.25. The van der Waals surface area contributed by atoms with Crippen LogP contribution in [0.2, 0.25) is 0 Å². The molecule has 3 heteroatoms. The largest absolute Gasteiger partial charge is 0.384 e. The molecular weight excluding hydrogens is 246 g/mol. The lowest BCUT2D eigenvalue weighted by Crippen LogP contribution is -2.13. The minimum atomic E-state index is 0.489. The van der Waals surface area contributed by atoms with Gasteiger partial charge in [-0.15, -0.1) is 6.58 Å². The summed E-state index contributed by atoms with van der Waals surface area (Å²) in [7, 11) is 0. The van der Waals surface area contributed by atoms with Crippen LogP contribution >= 0.6 is 0 Å². The molecule has 0 spiro atoms. The zero-order valence-corrected chi connectivity index (χ0v) is 13.1. The molecule has 1 aliphatic rings. The predicted molar refractivity (Wildman–Crippen MR) is 86.0 cm³/mol. The fourth-order valence-electron chi connectivity index (χ4n) is 3.47. The normalized spacial score (nSPS) is 16.8. The number of aromatic nitrogens is 2. The second-order valence-corrected chi connectivity index (χ2v) is 5.99. The second kappa shape index (κ2) is 6.96. The number of imidazole rings is 1. The Kier molecular flexibility index (Phi) is 5.27. The summed E-state index contributed by atoms with van der Waals surface area (Å²) in [6, 6.07) is 0. The van der Waals surface area contributed by atoms with E-state index in [9.17, 15) is 0 Å². The van der Waals surface area contributed by atoms with Crippen molar-refractivity contribution < 1.29 is 0 Å². The summed E-state index contributed by atoms with van der Waals surface area (Å²) in [5.41, 5.74) is 7.52. The third kappa shape index (κ3) is 2.92. The van der Waals surface area contributed by atoms with E-state index in [-0.39, 0.29) is 0 Å². The third-order valence-electron chi connectivity index (χ3n) is 4.72. The number of anilines is 1. The Bertz CT molecular complexity index is 437. The molecule has 0 unspecified atom stereocenters. The molecule has 0 amide bonds. The first-order chi connectivity index (χ1) is 9.72. The van der Waals surface area contributed by atoms with Crippen molar-refractivity contribution in [1.82, 2.24) is 9.55 Å². The van der Waals surface area contributed by atoms with Crippen molar-refractivity contribution in [3.8, 4) is 0 Å². The summed E-state index contributed by atoms with van der Waals surface area (Å²) < 4.78 is 2.20. The fourth-order valence-corrected chi connectivity index (χ4v) is 3.47. The van der Waals surface area contributed by atoms with E-state index in [0.717, 1.165) is 30.9 Å². The van der Waals surface area contributed by atoms with Gasteiger partial charge in [0.15, 0.2) is 0 Å². The van der Waals surface area contributed by atoms with Gasteiger partial charge in [-0.1, -0.05) is 39.2 Å². The predicted octanol–water partition coefficient (Wildman–Crippen LogP) is 4.60. The number of nitrogens with two attached hydrogens (primary N) is 1. The summed E-state index contributed by atoms with van der Waals surface area (Å²) >= 11 is 0. The van der Waals surface area contributed by atoms with Crippen molar-refractivity contribution in [3.05, 3.63) is 24.2 Å². The Morgan fingerprint density at radius 1 is 1.30 bits per heavy atom. The maximum absolute atomic E-state index is 6.40. The topological polar surface area (TPSA) is 43.8 Å². The number of nitrogens with zero attached hydrogens (tertiary/aromatic N) is 2. The average molecular weight is 275 g/mol. The molecule has 0 atom stereocenters. The summed E-state index contributed by atoms with van der Waals surface area (Å²) in [5.74, 6) is 3.17. The SMILES string of the molecule is C=CCn1c(C2CCCCC2)nc(C(CC)CC)c1N. The standard InChI is InChI=1S/C17H29N3/c1-4-12-20-16(18)15(13(5-2)6-3)19-17(20)14-10-8-7-9-11-14/h4,13-14H,1,5-12,18H2,2-3H3. The number of allylic oxidation sites excluding steroid dienone is 1. The van der Waals surface area contributed by atoms with E-state index in [4.69, 9.17) is 10.7 Å². The van der Waals surface area contributed by atoms with Crippen LogP contribution in [0.1, 0.15) is 82.1 Å². The molecule has 1 aromatic rings. The number of hydrogen-bond acceptors (Lipinski definition) is 2. The van der Waals surface area contributed by atoms with Gasteiger partial charge < -0.3 is 10.3 Å². The lowest BCUT2D eigenvalue weighted by atomic mass is 9.88. The number of rotatable bonds is 6. The molecule has 2 N–H and O–H groups in total. The average Bonchev–Trinajstić information content (AvgIpc) is 2.80. The second-order valence-electron chi connectivity index (χ2n) is 5.99. The molecule has 0 bridgehead atoms. The molecule has 1 aromatic heterocycles. The molecule has 3 nitrogen and oxygen atoms in total. The molecule has 0 saturated heterocycles. The van der Waals surface area contributed by atoms with Crippen molar-refractivity contribution in [3.63, 3.8) is 0 Å². The van der Waals surface area contributed by atoms with E-state index < -0.39 is 0 Å². The highest BCUT2D eigenvalue weighted by Gasteiger charge is 2.25. The molecule has 0 aromatic carbocycles. The van der Waals surface area contributed by atoms with Gasteiger partial charge in [0.25, 0.3) is 0 Å². The van der Waals surface area contributed by atoms with Crippen molar-refractivity contribution in [2.45, 2.75) is 77.2 Å². The first-order valence-corrected chi connectivity index (χ1v) is 8.19. The van der Waals surface area contributed by atoms with Gasteiger partial charge in [-0.2, -0.15) is 0 Å². The molecule has 0 radical (unpaired) electrons. The van der Waals surface area contributed by atoms with Gasteiger partial charge in [0, 0.05) is 18.4 Å². The van der Waals surface area contributed by atoms with Crippen molar-refractivity contribution in [2.75, 3.05) is 5.73 Å². The quantitative estimate of drug-likeness (QED) is 0.771. The zero-order valence-electron chi connectivity index (χ0n) is 13.1. The van der Waals surface area contributed by atoms with Gasteiger partial charge in [0.05, 0.1) is 5.69 Å². The van der Waals surface area contributed by atoms with Crippen molar-refractivity contribution >= 4 is 5.82 Å². The summed E-state index contributed by atoms with van der Waals surface area (Å²) in [5, 5.41) is 0. The van der Waals surface area contributed by atoms with E-state index in [0.29, 0.717) is 11.8 Å². The van der Waals surface area contributed by atoms with Crippen LogP contribution in [0.3, 0.4) is 0 Å². The zero-order chi connectivity index (χ0) is 14.5. The van der Waals surface area contributed by atoms with Crippen LogP contribution in [0.4, 0.5) is 5.82 Å². The van der Waals surface area contributed by atoms with Gasteiger partial charge in [-0.3, -0.25) is 0 Å². The smallest absolute Gasteiger partial charge is 0.127 e. The molecule has 0 aliphatic heterocycles. The minimum absolute atomic E-state index is 0.489. The first kappa shape index (κ1) is 15.1. The fraction of sp³-hybridized carbons (Fsp3) is 0.706. The van der Waals surface area contributed by atoms with Crippen LogP contribution in [0, 0.1) is 0 Å². The van der Waals surface area contributed by atoms with E-state index in [1.165, 1.54) is 37.9 Å². The Morgan fingerprint density at radius 2 is 1.95 bits per heavy atom. The van der Waals surface area contributed by atoms with Crippen LogP contribution in [0.5, 0.6) is 0 Å². The van der Waals surface area contributed by atoms with Crippen LogP contribution in [0.25, 0.3) is 0 Å². The van der Waals surface area contributed by atoms with E-state index in [1.54, 1.807) is 0 Å². The van der Waals surface area contributed by atoms with Gasteiger partial charge in [-0.05, 0) is 25.7 Å². The molecule has 1 saturated carbocycles. The summed E-state index contributed by atoms with van der Waals surface area (Å²) in [4.78, 5) is 4.98. The summed E-state index contributed by atoms with van der Waals surface area (Å²) in [6.07, 6.45) is 10.7. The van der Waals surface area contributed by atoms with Crippen LogP contribution < -0.4 is 5.73 Å². The summed E-state index contributed by atoms with van der Waals surface area (Å²) in [6.45, 7) is 9.10. The monoisotopic (exact) mass is 275 g/mol. The lowest BCUT2D eigenvalue weighted by molar-refractivity contribution is 0.419. The Morgan fingerprint density at radius 3 is 2.50 bits per heavy atom. The van der Waals surface area contributed by atoms with Gasteiger partial charge in [0.1, 0.15) is 11.6 Å². The highest BCUT2D eigenvalue weighted by Crippen LogP contribution is 2.36. The number of hydrogen-bond donors (Lipinski definition) is 1. The Labute approximate surface area is 123 Å². The lowest BCUT2D eigenvalue weighted by Gasteiger charge is -2.22. The van der Waals surface area contributed by atoms with Gasteiger partial charge in [0.2, 0.25) is 0 Å². The van der Waals surface area contributed by atoms with Crippen molar-refractivity contribution in [2.24, 2.45) is 0 Å². The number of nitrogen functional groups attached to an aromatic ring is 1. The molecule has 1 aliphatic carbocycles. The molecule has 1 heterocycles. The van der Waals surface area contributed by atoms with Crippen molar-refractivity contribution in [1.29, 1.82) is 0 Å². The van der Waals surface area contributed by atoms with E-state index in [2.05, 4.69) is 25.0 Å².